The number of carboxylic acid groups (broad SMARTS) is 1. The third kappa shape index (κ3) is 4.99. The minimum absolute atomic E-state index is 0.305. The molecule has 1 aromatic heterocycles. The van der Waals surface area contributed by atoms with Gasteiger partial charge in [0.25, 0.3) is 0 Å². The van der Waals surface area contributed by atoms with Gasteiger partial charge >= 0.3 is 12.0 Å². The SMILES string of the molecule is CCCCC(NC(=O)N(C)Cc1ncc[nH]1)C(=O)O. The van der Waals surface area contributed by atoms with Gasteiger partial charge in [0.2, 0.25) is 0 Å². The van der Waals surface area contributed by atoms with Crippen molar-refractivity contribution in [3.8, 4) is 0 Å². The van der Waals surface area contributed by atoms with Crippen molar-refractivity contribution >= 4 is 12.0 Å². The smallest absolute Gasteiger partial charge is 0.326 e. The number of carboxylic acids is 1. The first-order chi connectivity index (χ1) is 9.04. The zero-order valence-corrected chi connectivity index (χ0v) is 11.2. The van der Waals surface area contributed by atoms with Crippen LogP contribution in [0.15, 0.2) is 12.4 Å². The molecule has 0 aromatic carbocycles. The molecule has 1 aromatic rings. The van der Waals surface area contributed by atoms with Gasteiger partial charge in [-0.25, -0.2) is 14.6 Å². The molecule has 0 spiro atoms. The minimum atomic E-state index is -1.01. The Morgan fingerprint density at radius 2 is 2.32 bits per heavy atom. The van der Waals surface area contributed by atoms with E-state index in [1.807, 2.05) is 6.92 Å². The zero-order valence-electron chi connectivity index (χ0n) is 11.2. The second-order valence-corrected chi connectivity index (χ2v) is 4.37. The van der Waals surface area contributed by atoms with E-state index >= 15 is 0 Å². The predicted molar refractivity (Wildman–Crippen MR) is 69.5 cm³/mol. The van der Waals surface area contributed by atoms with Gasteiger partial charge in [0.05, 0.1) is 6.54 Å². The number of aliphatic carboxylic acids is 1. The van der Waals surface area contributed by atoms with E-state index in [1.165, 1.54) is 4.90 Å². The van der Waals surface area contributed by atoms with Gasteiger partial charge in [0, 0.05) is 19.4 Å². The Morgan fingerprint density at radius 1 is 1.58 bits per heavy atom. The molecule has 0 bridgehead atoms. The first-order valence-electron chi connectivity index (χ1n) is 6.27. The van der Waals surface area contributed by atoms with Crippen molar-refractivity contribution in [2.45, 2.75) is 38.8 Å². The maximum atomic E-state index is 11.9. The zero-order chi connectivity index (χ0) is 14.3. The molecular formula is C12H20N4O3. The maximum Gasteiger partial charge on any atom is 0.326 e. The van der Waals surface area contributed by atoms with E-state index in [2.05, 4.69) is 15.3 Å². The second-order valence-electron chi connectivity index (χ2n) is 4.37. The molecule has 19 heavy (non-hydrogen) atoms. The van der Waals surface area contributed by atoms with Crippen molar-refractivity contribution in [3.05, 3.63) is 18.2 Å². The molecule has 0 radical (unpaired) electrons. The number of H-pyrrole nitrogens is 1. The van der Waals surface area contributed by atoms with Gasteiger partial charge in [-0.1, -0.05) is 19.8 Å². The number of urea groups is 1. The molecule has 0 fully saturated rings. The van der Waals surface area contributed by atoms with Crippen LogP contribution in [0.25, 0.3) is 0 Å². The number of imidazole rings is 1. The van der Waals surface area contributed by atoms with Crippen molar-refractivity contribution in [3.63, 3.8) is 0 Å². The van der Waals surface area contributed by atoms with Crippen LogP contribution in [0, 0.1) is 0 Å². The molecule has 0 saturated heterocycles. The van der Waals surface area contributed by atoms with Gasteiger partial charge in [-0.15, -0.1) is 0 Å². The van der Waals surface area contributed by atoms with Crippen molar-refractivity contribution in [2.75, 3.05) is 7.05 Å². The molecule has 3 N–H and O–H groups in total. The summed E-state index contributed by atoms with van der Waals surface area (Å²) in [7, 11) is 1.59. The molecule has 1 rings (SSSR count). The summed E-state index contributed by atoms with van der Waals surface area (Å²) in [6, 6.07) is -1.26. The number of hydrogen-bond acceptors (Lipinski definition) is 3. The molecule has 0 aliphatic carbocycles. The first-order valence-corrected chi connectivity index (χ1v) is 6.27. The Morgan fingerprint density at radius 3 is 2.84 bits per heavy atom. The number of amides is 2. The fraction of sp³-hybridized carbons (Fsp3) is 0.583. The van der Waals surface area contributed by atoms with Crippen molar-refractivity contribution in [1.82, 2.24) is 20.2 Å². The summed E-state index contributed by atoms with van der Waals surface area (Å²) in [5.74, 6) is -0.355. The number of aromatic amines is 1. The van der Waals surface area contributed by atoms with Crippen LogP contribution in [0.2, 0.25) is 0 Å². The Balaban J connectivity index is 2.48. The summed E-state index contributed by atoms with van der Waals surface area (Å²) in [5, 5.41) is 11.5. The van der Waals surface area contributed by atoms with Crippen molar-refractivity contribution in [1.29, 1.82) is 0 Å². The molecular weight excluding hydrogens is 248 g/mol. The maximum absolute atomic E-state index is 11.9. The Bertz CT molecular complexity index is 405. The second kappa shape index (κ2) is 7.40. The molecule has 0 aliphatic heterocycles. The largest absolute Gasteiger partial charge is 0.480 e. The molecule has 0 aliphatic rings. The summed E-state index contributed by atoms with van der Waals surface area (Å²) < 4.78 is 0. The number of hydrogen-bond donors (Lipinski definition) is 3. The van der Waals surface area contributed by atoms with E-state index in [4.69, 9.17) is 5.11 Å². The summed E-state index contributed by atoms with van der Waals surface area (Å²) >= 11 is 0. The average molecular weight is 268 g/mol. The van der Waals surface area contributed by atoms with E-state index in [-0.39, 0.29) is 0 Å². The highest BCUT2D eigenvalue weighted by Gasteiger charge is 2.21. The molecule has 1 heterocycles. The van der Waals surface area contributed by atoms with E-state index < -0.39 is 18.0 Å². The predicted octanol–water partition coefficient (Wildman–Crippen LogP) is 1.19. The minimum Gasteiger partial charge on any atom is -0.480 e. The third-order valence-electron chi connectivity index (χ3n) is 2.73. The summed E-state index contributed by atoms with van der Waals surface area (Å²) in [5.41, 5.74) is 0. The number of rotatable bonds is 7. The highest BCUT2D eigenvalue weighted by molar-refractivity contribution is 5.82. The van der Waals surface area contributed by atoms with E-state index in [9.17, 15) is 9.59 Å². The molecule has 7 nitrogen and oxygen atoms in total. The quantitative estimate of drug-likeness (QED) is 0.692. The van der Waals surface area contributed by atoms with Gasteiger partial charge in [-0.3, -0.25) is 0 Å². The van der Waals surface area contributed by atoms with Crippen LogP contribution in [0.5, 0.6) is 0 Å². The number of aromatic nitrogens is 2. The summed E-state index contributed by atoms with van der Waals surface area (Å²) in [6.45, 7) is 2.28. The molecule has 7 heteroatoms. The lowest BCUT2D eigenvalue weighted by atomic mass is 10.1. The molecule has 106 valence electrons. The fourth-order valence-electron chi connectivity index (χ4n) is 1.61. The fourth-order valence-corrected chi connectivity index (χ4v) is 1.61. The normalized spacial score (nSPS) is 11.9. The third-order valence-corrected chi connectivity index (χ3v) is 2.73. The lowest BCUT2D eigenvalue weighted by Gasteiger charge is -2.20. The van der Waals surface area contributed by atoms with Crippen LogP contribution in [-0.2, 0) is 11.3 Å². The summed E-state index contributed by atoms with van der Waals surface area (Å²) in [6.07, 6.45) is 5.36. The van der Waals surface area contributed by atoms with Crippen molar-refractivity contribution in [2.24, 2.45) is 0 Å². The lowest BCUT2D eigenvalue weighted by molar-refractivity contribution is -0.139. The van der Waals surface area contributed by atoms with Crippen LogP contribution in [-0.4, -0.2) is 45.1 Å². The van der Waals surface area contributed by atoms with Gasteiger partial charge in [0.15, 0.2) is 0 Å². The van der Waals surface area contributed by atoms with Crippen LogP contribution >= 0.6 is 0 Å². The highest BCUT2D eigenvalue weighted by atomic mass is 16.4. The number of carbonyl (C=O) groups excluding carboxylic acids is 1. The number of nitrogens with one attached hydrogen (secondary N) is 2. The lowest BCUT2D eigenvalue weighted by Crippen LogP contribution is -2.46. The van der Waals surface area contributed by atoms with Gasteiger partial charge < -0.3 is 20.3 Å². The topological polar surface area (TPSA) is 98.3 Å². The van der Waals surface area contributed by atoms with E-state index in [0.717, 1.165) is 12.8 Å². The van der Waals surface area contributed by atoms with Crippen LogP contribution in [0.3, 0.4) is 0 Å². The number of unbranched alkanes of at least 4 members (excludes halogenated alkanes) is 1. The average Bonchev–Trinajstić information content (AvgIpc) is 2.86. The number of nitrogens with zero attached hydrogens (tertiary/aromatic N) is 2. The Labute approximate surface area is 112 Å². The van der Waals surface area contributed by atoms with Crippen LogP contribution < -0.4 is 5.32 Å². The van der Waals surface area contributed by atoms with Crippen LogP contribution in [0.4, 0.5) is 4.79 Å². The van der Waals surface area contributed by atoms with Gasteiger partial charge in [-0.05, 0) is 6.42 Å². The van der Waals surface area contributed by atoms with E-state index in [1.54, 1.807) is 19.4 Å². The molecule has 0 saturated carbocycles. The monoisotopic (exact) mass is 268 g/mol. The highest BCUT2D eigenvalue weighted by Crippen LogP contribution is 2.03. The van der Waals surface area contributed by atoms with Gasteiger partial charge in [0.1, 0.15) is 11.9 Å². The first kappa shape index (κ1) is 15.0. The molecule has 1 unspecified atom stereocenters. The Hall–Kier alpha value is -2.05. The van der Waals surface area contributed by atoms with E-state index in [0.29, 0.717) is 18.8 Å². The van der Waals surface area contributed by atoms with Gasteiger partial charge in [-0.2, -0.15) is 0 Å². The number of carbonyl (C=O) groups is 2. The standard InChI is InChI=1S/C12H20N4O3/c1-3-4-5-9(11(17)18)15-12(19)16(2)8-10-13-6-7-14-10/h6-7,9H,3-5,8H2,1-2H3,(H,13,14)(H,15,19)(H,17,18). The molecule has 2 amide bonds. The Kier molecular flexibility index (Phi) is 5.84. The van der Waals surface area contributed by atoms with Crippen molar-refractivity contribution < 1.29 is 14.7 Å². The summed E-state index contributed by atoms with van der Waals surface area (Å²) in [4.78, 5) is 31.2. The van der Waals surface area contributed by atoms with Crippen LogP contribution in [0.1, 0.15) is 32.0 Å². The molecule has 1 atom stereocenters.